The predicted molar refractivity (Wildman–Crippen MR) is 60.9 cm³/mol. The van der Waals surface area contributed by atoms with E-state index in [-0.39, 0.29) is 6.09 Å². The molecule has 3 nitrogen and oxygen atoms in total. The molecular formula is C12H23NO2. The topological polar surface area (TPSA) is 29.5 Å². The van der Waals surface area contributed by atoms with E-state index in [4.69, 9.17) is 4.74 Å². The third kappa shape index (κ3) is 2.86. The van der Waals surface area contributed by atoms with Gasteiger partial charge in [0.05, 0.1) is 7.11 Å². The van der Waals surface area contributed by atoms with Crippen molar-refractivity contribution >= 4 is 6.09 Å². The molecule has 0 saturated heterocycles. The first-order valence-corrected chi connectivity index (χ1v) is 6.10. The van der Waals surface area contributed by atoms with Gasteiger partial charge in [-0.25, -0.2) is 4.79 Å². The van der Waals surface area contributed by atoms with Gasteiger partial charge in [-0.3, -0.25) is 0 Å². The summed E-state index contributed by atoms with van der Waals surface area (Å²) in [5.41, 5.74) is 0. The Kier molecular flexibility index (Phi) is 4.92. The summed E-state index contributed by atoms with van der Waals surface area (Å²) in [6, 6.07) is 0.807. The molecule has 15 heavy (non-hydrogen) atoms. The molecule has 0 heterocycles. The quantitative estimate of drug-likeness (QED) is 0.702. The average molecular weight is 213 g/mol. The van der Waals surface area contributed by atoms with Crippen LogP contribution < -0.4 is 0 Å². The second-order valence-corrected chi connectivity index (χ2v) is 4.31. The molecule has 1 aliphatic rings. The number of nitrogens with zero attached hydrogens (tertiary/aromatic N) is 1. The molecule has 1 saturated carbocycles. The van der Waals surface area contributed by atoms with E-state index in [0.29, 0.717) is 12.1 Å². The van der Waals surface area contributed by atoms with E-state index >= 15 is 0 Å². The molecule has 0 N–H and O–H groups in total. The van der Waals surface area contributed by atoms with Gasteiger partial charge in [0, 0.05) is 12.1 Å². The van der Waals surface area contributed by atoms with Gasteiger partial charge in [-0.1, -0.05) is 20.3 Å². The largest absolute Gasteiger partial charge is 0.453 e. The number of hydrogen-bond donors (Lipinski definition) is 0. The number of carbonyl (C=O) groups is 1. The number of hydrogen-bond acceptors (Lipinski definition) is 2. The lowest BCUT2D eigenvalue weighted by Gasteiger charge is -2.41. The Labute approximate surface area is 92.8 Å². The molecular weight excluding hydrogens is 190 g/mol. The van der Waals surface area contributed by atoms with Gasteiger partial charge < -0.3 is 9.64 Å². The Bertz CT molecular complexity index is 202. The van der Waals surface area contributed by atoms with Gasteiger partial charge in [-0.2, -0.15) is 0 Å². The maximum absolute atomic E-state index is 11.7. The van der Waals surface area contributed by atoms with Crippen molar-refractivity contribution in [3.8, 4) is 0 Å². The first-order valence-electron chi connectivity index (χ1n) is 6.10. The number of methoxy groups -OCH3 is 1. The van der Waals surface area contributed by atoms with E-state index in [1.165, 1.54) is 13.5 Å². The number of rotatable bonds is 5. The van der Waals surface area contributed by atoms with Gasteiger partial charge in [0.15, 0.2) is 0 Å². The van der Waals surface area contributed by atoms with Crippen molar-refractivity contribution in [3.05, 3.63) is 0 Å². The first kappa shape index (κ1) is 12.3. The molecule has 0 aromatic rings. The van der Waals surface area contributed by atoms with Crippen LogP contribution in [0.4, 0.5) is 4.79 Å². The van der Waals surface area contributed by atoms with E-state index in [0.717, 1.165) is 32.1 Å². The summed E-state index contributed by atoms with van der Waals surface area (Å²) in [4.78, 5) is 13.7. The Morgan fingerprint density at radius 2 is 2.13 bits per heavy atom. The summed E-state index contributed by atoms with van der Waals surface area (Å²) < 4.78 is 4.89. The molecule has 1 atom stereocenters. The highest BCUT2D eigenvalue weighted by atomic mass is 16.5. The number of carbonyl (C=O) groups excluding carboxylic acids is 1. The Morgan fingerprint density at radius 3 is 2.47 bits per heavy atom. The molecule has 1 rings (SSSR count). The molecule has 1 unspecified atom stereocenters. The lowest BCUT2D eigenvalue weighted by molar-refractivity contribution is 0.0524. The van der Waals surface area contributed by atoms with Crippen molar-refractivity contribution < 1.29 is 9.53 Å². The third-order valence-electron chi connectivity index (χ3n) is 3.34. The van der Waals surface area contributed by atoms with Gasteiger partial charge in [0.1, 0.15) is 0 Å². The van der Waals surface area contributed by atoms with Crippen LogP contribution in [0.3, 0.4) is 0 Å². The summed E-state index contributed by atoms with van der Waals surface area (Å²) in [5, 5.41) is 0. The van der Waals surface area contributed by atoms with Crippen LogP contribution in [0.15, 0.2) is 0 Å². The maximum atomic E-state index is 11.7. The van der Waals surface area contributed by atoms with Crippen molar-refractivity contribution in [2.24, 2.45) is 0 Å². The molecule has 0 radical (unpaired) electrons. The van der Waals surface area contributed by atoms with Crippen LogP contribution in [0.1, 0.15) is 52.4 Å². The molecule has 0 aromatic carbocycles. The SMILES string of the molecule is CCCC(CC)N(C(=O)OC)C1CCC1. The minimum atomic E-state index is -0.139. The maximum Gasteiger partial charge on any atom is 0.409 e. The van der Waals surface area contributed by atoms with Crippen LogP contribution in [-0.4, -0.2) is 30.2 Å². The monoisotopic (exact) mass is 213 g/mol. The van der Waals surface area contributed by atoms with Crippen LogP contribution in [-0.2, 0) is 4.74 Å². The lowest BCUT2D eigenvalue weighted by atomic mass is 9.89. The van der Waals surface area contributed by atoms with E-state index < -0.39 is 0 Å². The normalized spacial score (nSPS) is 18.1. The zero-order valence-corrected chi connectivity index (χ0v) is 10.2. The summed E-state index contributed by atoms with van der Waals surface area (Å²) in [6.45, 7) is 4.31. The molecule has 0 aromatic heterocycles. The fraction of sp³-hybridized carbons (Fsp3) is 0.917. The highest BCUT2D eigenvalue weighted by molar-refractivity contribution is 5.68. The molecule has 1 amide bonds. The third-order valence-corrected chi connectivity index (χ3v) is 3.34. The molecule has 0 aliphatic heterocycles. The summed E-state index contributed by atoms with van der Waals surface area (Å²) in [6.07, 6.45) is 6.64. The highest BCUT2D eigenvalue weighted by Crippen LogP contribution is 2.29. The van der Waals surface area contributed by atoms with Gasteiger partial charge >= 0.3 is 6.09 Å². The fourth-order valence-corrected chi connectivity index (χ4v) is 2.24. The van der Waals surface area contributed by atoms with E-state index in [2.05, 4.69) is 13.8 Å². The minimum Gasteiger partial charge on any atom is -0.453 e. The minimum absolute atomic E-state index is 0.139. The van der Waals surface area contributed by atoms with Crippen LogP contribution in [0.5, 0.6) is 0 Å². The molecule has 0 bridgehead atoms. The molecule has 1 fully saturated rings. The van der Waals surface area contributed by atoms with Crippen molar-refractivity contribution in [2.75, 3.05) is 7.11 Å². The van der Waals surface area contributed by atoms with E-state index in [9.17, 15) is 4.79 Å². The van der Waals surface area contributed by atoms with Crippen LogP contribution >= 0.6 is 0 Å². The predicted octanol–water partition coefficient (Wildman–Crippen LogP) is 3.19. The van der Waals surface area contributed by atoms with Crippen LogP contribution in [0.25, 0.3) is 0 Å². The van der Waals surface area contributed by atoms with Gasteiger partial charge in [-0.05, 0) is 32.1 Å². The van der Waals surface area contributed by atoms with Crippen molar-refractivity contribution in [2.45, 2.75) is 64.5 Å². The first-order chi connectivity index (χ1) is 7.24. The molecule has 1 aliphatic carbocycles. The Morgan fingerprint density at radius 1 is 1.47 bits per heavy atom. The second kappa shape index (κ2) is 5.99. The zero-order chi connectivity index (χ0) is 11.3. The smallest absolute Gasteiger partial charge is 0.409 e. The van der Waals surface area contributed by atoms with Gasteiger partial charge in [-0.15, -0.1) is 0 Å². The fourth-order valence-electron chi connectivity index (χ4n) is 2.24. The van der Waals surface area contributed by atoms with Crippen LogP contribution in [0.2, 0.25) is 0 Å². The summed E-state index contributed by atoms with van der Waals surface area (Å²) in [7, 11) is 1.48. The lowest BCUT2D eigenvalue weighted by Crippen LogP contribution is -2.49. The van der Waals surface area contributed by atoms with Gasteiger partial charge in [0.2, 0.25) is 0 Å². The summed E-state index contributed by atoms with van der Waals surface area (Å²) in [5.74, 6) is 0. The second-order valence-electron chi connectivity index (χ2n) is 4.31. The zero-order valence-electron chi connectivity index (χ0n) is 10.2. The van der Waals surface area contributed by atoms with Crippen LogP contribution in [0, 0.1) is 0 Å². The van der Waals surface area contributed by atoms with Crippen molar-refractivity contribution in [1.29, 1.82) is 0 Å². The van der Waals surface area contributed by atoms with Crippen molar-refractivity contribution in [3.63, 3.8) is 0 Å². The molecule has 88 valence electrons. The Hall–Kier alpha value is -0.730. The number of amides is 1. The molecule has 3 heteroatoms. The van der Waals surface area contributed by atoms with Crippen molar-refractivity contribution in [1.82, 2.24) is 4.90 Å². The van der Waals surface area contributed by atoms with E-state index in [1.807, 2.05) is 4.90 Å². The average Bonchev–Trinajstić information content (AvgIpc) is 2.19. The standard InChI is InChI=1S/C12H23NO2/c1-4-7-10(5-2)13(12(14)15-3)11-8-6-9-11/h10-11H,4-9H2,1-3H3. The summed E-state index contributed by atoms with van der Waals surface area (Å²) >= 11 is 0. The number of ether oxygens (including phenoxy) is 1. The van der Waals surface area contributed by atoms with E-state index in [1.54, 1.807) is 0 Å². The van der Waals surface area contributed by atoms with Gasteiger partial charge in [0.25, 0.3) is 0 Å². The highest BCUT2D eigenvalue weighted by Gasteiger charge is 2.33. The molecule has 0 spiro atoms. The Balaban J connectivity index is 2.63.